The maximum absolute atomic E-state index is 12.1. The van der Waals surface area contributed by atoms with Gasteiger partial charge < -0.3 is 10.1 Å². The molecule has 1 aromatic carbocycles. The molecule has 0 aromatic heterocycles. The first-order valence-electron chi connectivity index (χ1n) is 6.64. The number of benzene rings is 1. The average Bonchev–Trinajstić information content (AvgIpc) is 2.43. The molecule has 0 spiro atoms. The molecule has 19 heavy (non-hydrogen) atoms. The van der Waals surface area contributed by atoms with Gasteiger partial charge >= 0.3 is 0 Å². The van der Waals surface area contributed by atoms with Gasteiger partial charge in [0.2, 0.25) is 10.0 Å². The first-order valence-corrected chi connectivity index (χ1v) is 8.12. The molecule has 0 unspecified atom stereocenters. The summed E-state index contributed by atoms with van der Waals surface area (Å²) in [4.78, 5) is 0.278. The van der Waals surface area contributed by atoms with E-state index < -0.39 is 10.0 Å². The minimum absolute atomic E-state index is 0.278. The Bertz CT molecular complexity index is 529. The molecule has 0 radical (unpaired) electrons. The van der Waals surface area contributed by atoms with Crippen molar-refractivity contribution in [1.82, 2.24) is 4.72 Å². The van der Waals surface area contributed by atoms with Crippen molar-refractivity contribution in [2.24, 2.45) is 0 Å². The van der Waals surface area contributed by atoms with Crippen LogP contribution in [0, 0.1) is 0 Å². The lowest BCUT2D eigenvalue weighted by molar-refractivity contribution is 0.323. The minimum atomic E-state index is -3.42. The van der Waals surface area contributed by atoms with Crippen LogP contribution in [0.1, 0.15) is 26.2 Å². The molecule has 0 fully saturated rings. The third kappa shape index (κ3) is 3.61. The second-order valence-corrected chi connectivity index (χ2v) is 6.31. The van der Waals surface area contributed by atoms with E-state index in [0.29, 0.717) is 25.4 Å². The van der Waals surface area contributed by atoms with E-state index in [2.05, 4.69) is 17.0 Å². The molecule has 2 N–H and O–H groups in total. The summed E-state index contributed by atoms with van der Waals surface area (Å²) in [6, 6.07) is 4.90. The molecule has 0 amide bonds. The molecule has 1 aliphatic rings. The molecule has 5 nitrogen and oxygen atoms in total. The van der Waals surface area contributed by atoms with Crippen LogP contribution >= 0.6 is 0 Å². The van der Waals surface area contributed by atoms with Crippen molar-refractivity contribution >= 4 is 15.7 Å². The first-order chi connectivity index (χ1) is 9.13. The summed E-state index contributed by atoms with van der Waals surface area (Å²) in [5.74, 6) is 0.705. The number of nitrogens with one attached hydrogen (secondary N) is 2. The summed E-state index contributed by atoms with van der Waals surface area (Å²) in [6.45, 7) is 3.87. The Morgan fingerprint density at radius 3 is 3.00 bits per heavy atom. The van der Waals surface area contributed by atoms with Crippen LogP contribution in [0.2, 0.25) is 0 Å². The molecular weight excluding hydrogens is 264 g/mol. The van der Waals surface area contributed by atoms with Gasteiger partial charge in [0.15, 0.2) is 0 Å². The van der Waals surface area contributed by atoms with Crippen LogP contribution in [-0.2, 0) is 10.0 Å². The normalized spacial score (nSPS) is 14.4. The van der Waals surface area contributed by atoms with Crippen molar-refractivity contribution in [2.45, 2.75) is 31.1 Å². The van der Waals surface area contributed by atoms with Crippen LogP contribution in [0.4, 0.5) is 5.69 Å². The maximum atomic E-state index is 12.1. The number of hydrogen-bond acceptors (Lipinski definition) is 4. The second kappa shape index (κ2) is 6.25. The highest BCUT2D eigenvalue weighted by molar-refractivity contribution is 7.89. The van der Waals surface area contributed by atoms with Crippen molar-refractivity contribution < 1.29 is 13.2 Å². The highest BCUT2D eigenvalue weighted by Gasteiger charge is 2.17. The SMILES string of the molecule is CCCCCNS(=O)(=O)c1ccc2c(c1)NCCO2. The van der Waals surface area contributed by atoms with Gasteiger partial charge in [0.25, 0.3) is 0 Å². The zero-order valence-corrected chi connectivity index (χ0v) is 11.9. The standard InChI is InChI=1S/C13H20N2O3S/c1-2-3-4-7-15-19(16,17)11-5-6-13-12(10-11)14-8-9-18-13/h5-6,10,14-15H,2-4,7-9H2,1H3. The molecule has 106 valence electrons. The zero-order valence-electron chi connectivity index (χ0n) is 11.1. The number of hydrogen-bond donors (Lipinski definition) is 2. The lowest BCUT2D eigenvalue weighted by atomic mass is 10.2. The summed E-state index contributed by atoms with van der Waals surface area (Å²) < 4.78 is 32.2. The Morgan fingerprint density at radius 2 is 2.21 bits per heavy atom. The van der Waals surface area contributed by atoms with Gasteiger partial charge in [-0.25, -0.2) is 13.1 Å². The average molecular weight is 284 g/mol. The van der Waals surface area contributed by atoms with Gasteiger partial charge in [-0.15, -0.1) is 0 Å². The van der Waals surface area contributed by atoms with E-state index in [1.165, 1.54) is 0 Å². The quantitative estimate of drug-likeness (QED) is 0.784. The molecule has 0 saturated carbocycles. The third-order valence-corrected chi connectivity index (χ3v) is 4.47. The van der Waals surface area contributed by atoms with E-state index in [1.54, 1.807) is 18.2 Å². The lowest BCUT2D eigenvalue weighted by Crippen LogP contribution is -2.25. The van der Waals surface area contributed by atoms with Gasteiger partial charge in [-0.05, 0) is 24.6 Å². The highest BCUT2D eigenvalue weighted by atomic mass is 32.2. The van der Waals surface area contributed by atoms with Gasteiger partial charge in [0, 0.05) is 13.1 Å². The summed E-state index contributed by atoms with van der Waals surface area (Å²) in [7, 11) is -3.42. The number of ether oxygens (including phenoxy) is 1. The predicted octanol–water partition coefficient (Wildman–Crippen LogP) is 1.96. The first kappa shape index (κ1) is 14.1. The number of anilines is 1. The molecule has 2 rings (SSSR count). The summed E-state index contributed by atoms with van der Waals surface area (Å²) in [5, 5.41) is 3.13. The van der Waals surface area contributed by atoms with Crippen molar-refractivity contribution in [2.75, 3.05) is 25.0 Å². The van der Waals surface area contributed by atoms with Crippen molar-refractivity contribution in [3.8, 4) is 5.75 Å². The fourth-order valence-corrected chi connectivity index (χ4v) is 3.05. The van der Waals surface area contributed by atoms with E-state index in [9.17, 15) is 8.42 Å². The fraction of sp³-hybridized carbons (Fsp3) is 0.538. The van der Waals surface area contributed by atoms with E-state index >= 15 is 0 Å². The smallest absolute Gasteiger partial charge is 0.240 e. The van der Waals surface area contributed by atoms with Crippen molar-refractivity contribution in [3.05, 3.63) is 18.2 Å². The molecule has 0 atom stereocenters. The number of rotatable bonds is 6. The third-order valence-electron chi connectivity index (χ3n) is 3.01. The lowest BCUT2D eigenvalue weighted by Gasteiger charge is -2.19. The van der Waals surface area contributed by atoms with Crippen LogP contribution in [0.3, 0.4) is 0 Å². The monoisotopic (exact) mass is 284 g/mol. The van der Waals surface area contributed by atoms with Crippen LogP contribution < -0.4 is 14.8 Å². The number of fused-ring (bicyclic) bond motifs is 1. The van der Waals surface area contributed by atoms with Gasteiger partial charge in [-0.1, -0.05) is 19.8 Å². The largest absolute Gasteiger partial charge is 0.490 e. The van der Waals surface area contributed by atoms with Crippen molar-refractivity contribution in [1.29, 1.82) is 0 Å². The highest BCUT2D eigenvalue weighted by Crippen LogP contribution is 2.29. The van der Waals surface area contributed by atoms with Gasteiger partial charge in [-0.3, -0.25) is 0 Å². The van der Waals surface area contributed by atoms with Crippen LogP contribution in [0.25, 0.3) is 0 Å². The number of unbranched alkanes of at least 4 members (excludes halogenated alkanes) is 2. The molecule has 1 heterocycles. The molecule has 1 aliphatic heterocycles. The molecular formula is C13H20N2O3S. The van der Waals surface area contributed by atoms with E-state index in [4.69, 9.17) is 4.74 Å². The van der Waals surface area contributed by atoms with E-state index in [0.717, 1.165) is 24.9 Å². The zero-order chi connectivity index (χ0) is 13.7. The van der Waals surface area contributed by atoms with Gasteiger partial charge in [-0.2, -0.15) is 0 Å². The Morgan fingerprint density at radius 1 is 1.37 bits per heavy atom. The topological polar surface area (TPSA) is 67.4 Å². The summed E-state index contributed by atoms with van der Waals surface area (Å²) in [5.41, 5.74) is 0.739. The molecule has 6 heteroatoms. The number of sulfonamides is 1. The van der Waals surface area contributed by atoms with Gasteiger partial charge in [0.05, 0.1) is 10.6 Å². The molecule has 0 bridgehead atoms. The Balaban J connectivity index is 2.07. The maximum Gasteiger partial charge on any atom is 0.240 e. The fourth-order valence-electron chi connectivity index (χ4n) is 1.95. The van der Waals surface area contributed by atoms with Crippen LogP contribution in [-0.4, -0.2) is 28.1 Å². The molecule has 1 aromatic rings. The Hall–Kier alpha value is -1.27. The predicted molar refractivity (Wildman–Crippen MR) is 75.1 cm³/mol. The van der Waals surface area contributed by atoms with E-state index in [-0.39, 0.29) is 4.90 Å². The summed E-state index contributed by atoms with van der Waals surface area (Å²) >= 11 is 0. The minimum Gasteiger partial charge on any atom is -0.490 e. The Labute approximate surface area is 114 Å². The van der Waals surface area contributed by atoms with Crippen molar-refractivity contribution in [3.63, 3.8) is 0 Å². The van der Waals surface area contributed by atoms with Crippen LogP contribution in [0.15, 0.2) is 23.1 Å². The molecule has 0 saturated heterocycles. The molecule has 0 aliphatic carbocycles. The van der Waals surface area contributed by atoms with Gasteiger partial charge in [0.1, 0.15) is 12.4 Å². The Kier molecular flexibility index (Phi) is 4.66. The van der Waals surface area contributed by atoms with E-state index in [1.807, 2.05) is 0 Å². The second-order valence-electron chi connectivity index (χ2n) is 4.54. The summed E-state index contributed by atoms with van der Waals surface area (Å²) in [6.07, 6.45) is 2.96. The van der Waals surface area contributed by atoms with Crippen LogP contribution in [0.5, 0.6) is 5.75 Å².